The minimum atomic E-state index is -0.781. The number of Topliss-reactive ketones (excluding diaryl/α,β-unsaturated/α-hetero) is 1. The molecule has 2 aromatic rings. The van der Waals surface area contributed by atoms with Crippen molar-refractivity contribution >= 4 is 29.0 Å². The lowest BCUT2D eigenvalue weighted by atomic mass is 9.78. The maximum atomic E-state index is 12.9. The van der Waals surface area contributed by atoms with Gasteiger partial charge in [0, 0.05) is 5.56 Å². The van der Waals surface area contributed by atoms with E-state index in [9.17, 15) is 9.90 Å². The number of carbonyl (C=O) groups is 1. The van der Waals surface area contributed by atoms with Crippen LogP contribution >= 0.6 is 23.2 Å². The SMILES string of the molecule is CC1(c2ccc(C#N)cc2)Cc2cc(O)c(Cl)c(Cl)c2C1=O. The molecule has 0 radical (unpaired) electrons. The topological polar surface area (TPSA) is 61.1 Å². The smallest absolute Gasteiger partial charge is 0.175 e. The molecule has 0 bridgehead atoms. The molecule has 1 N–H and O–H groups in total. The molecule has 0 aromatic heterocycles. The summed E-state index contributed by atoms with van der Waals surface area (Å²) >= 11 is 12.1. The maximum Gasteiger partial charge on any atom is 0.175 e. The molecule has 0 spiro atoms. The molecular formula is C17H11Cl2NO2. The van der Waals surface area contributed by atoms with Crippen LogP contribution in [0, 0.1) is 11.3 Å². The molecule has 0 heterocycles. The highest BCUT2D eigenvalue weighted by Gasteiger charge is 2.45. The van der Waals surface area contributed by atoms with Crippen LogP contribution in [-0.2, 0) is 11.8 Å². The second kappa shape index (κ2) is 5.01. The van der Waals surface area contributed by atoms with E-state index in [4.69, 9.17) is 28.5 Å². The van der Waals surface area contributed by atoms with Gasteiger partial charge in [0.15, 0.2) is 5.78 Å². The largest absolute Gasteiger partial charge is 0.506 e. The van der Waals surface area contributed by atoms with Crippen LogP contribution in [0.3, 0.4) is 0 Å². The monoisotopic (exact) mass is 331 g/mol. The molecule has 3 nitrogen and oxygen atoms in total. The first kappa shape index (κ1) is 14.9. The number of rotatable bonds is 1. The van der Waals surface area contributed by atoms with Gasteiger partial charge in [-0.15, -0.1) is 0 Å². The van der Waals surface area contributed by atoms with Crippen molar-refractivity contribution in [2.24, 2.45) is 0 Å². The molecule has 1 aliphatic carbocycles. The Morgan fingerprint density at radius 3 is 2.45 bits per heavy atom. The lowest BCUT2D eigenvalue weighted by molar-refractivity contribution is 0.0915. The van der Waals surface area contributed by atoms with Gasteiger partial charge >= 0.3 is 0 Å². The van der Waals surface area contributed by atoms with E-state index in [0.29, 0.717) is 23.1 Å². The van der Waals surface area contributed by atoms with E-state index in [2.05, 4.69) is 6.07 Å². The second-order valence-electron chi connectivity index (χ2n) is 5.58. The number of nitriles is 1. The molecule has 22 heavy (non-hydrogen) atoms. The number of hydrogen-bond donors (Lipinski definition) is 1. The van der Waals surface area contributed by atoms with Gasteiger partial charge in [0.25, 0.3) is 0 Å². The number of halogens is 2. The van der Waals surface area contributed by atoms with Gasteiger partial charge in [0.05, 0.1) is 22.1 Å². The van der Waals surface area contributed by atoms with Crippen LogP contribution < -0.4 is 0 Å². The van der Waals surface area contributed by atoms with Crippen LogP contribution in [0.25, 0.3) is 0 Å². The van der Waals surface area contributed by atoms with Gasteiger partial charge < -0.3 is 5.11 Å². The lowest BCUT2D eigenvalue weighted by Crippen LogP contribution is -2.29. The molecule has 0 fully saturated rings. The van der Waals surface area contributed by atoms with Gasteiger partial charge in [-0.2, -0.15) is 5.26 Å². The normalized spacial score (nSPS) is 19.8. The van der Waals surface area contributed by atoms with E-state index in [1.54, 1.807) is 24.3 Å². The molecule has 3 rings (SSSR count). The average Bonchev–Trinajstić information content (AvgIpc) is 2.77. The van der Waals surface area contributed by atoms with Crippen molar-refractivity contribution in [2.75, 3.05) is 0 Å². The fourth-order valence-corrected chi connectivity index (χ4v) is 3.38. The number of phenolic OH excluding ortho intramolecular Hbond substituents is 1. The average molecular weight is 332 g/mol. The zero-order valence-corrected chi connectivity index (χ0v) is 13.2. The Morgan fingerprint density at radius 1 is 1.23 bits per heavy atom. The quantitative estimate of drug-likeness (QED) is 0.848. The van der Waals surface area contributed by atoms with Crippen LogP contribution in [0.5, 0.6) is 5.75 Å². The van der Waals surface area contributed by atoms with Crippen LogP contribution in [-0.4, -0.2) is 10.9 Å². The molecule has 1 unspecified atom stereocenters. The number of nitrogens with zero attached hydrogens (tertiary/aromatic N) is 1. The van der Waals surface area contributed by atoms with Crippen molar-refractivity contribution in [3.8, 4) is 11.8 Å². The summed E-state index contributed by atoms with van der Waals surface area (Å²) < 4.78 is 0. The van der Waals surface area contributed by atoms with Crippen LogP contribution in [0.4, 0.5) is 0 Å². The Bertz CT molecular complexity index is 837. The molecule has 0 amide bonds. The summed E-state index contributed by atoms with van der Waals surface area (Å²) in [5.74, 6) is -0.249. The number of benzene rings is 2. The Balaban J connectivity index is 2.13. The maximum absolute atomic E-state index is 12.9. The fourth-order valence-electron chi connectivity index (χ4n) is 2.93. The van der Waals surface area contributed by atoms with Gasteiger partial charge in [-0.25, -0.2) is 0 Å². The van der Waals surface area contributed by atoms with E-state index in [-0.39, 0.29) is 21.6 Å². The van der Waals surface area contributed by atoms with Crippen molar-refractivity contribution in [1.29, 1.82) is 5.26 Å². The number of fused-ring (bicyclic) bond motifs is 1. The third kappa shape index (κ3) is 1.99. The van der Waals surface area contributed by atoms with Crippen molar-refractivity contribution in [3.63, 3.8) is 0 Å². The van der Waals surface area contributed by atoms with Gasteiger partial charge in [-0.05, 0) is 42.7 Å². The molecule has 0 saturated heterocycles. The summed E-state index contributed by atoms with van der Waals surface area (Å²) in [5.41, 5.74) is 1.62. The Labute approximate surface area is 137 Å². The number of ketones is 1. The number of aromatic hydroxyl groups is 1. The molecule has 1 aliphatic rings. The predicted octanol–water partition coefficient (Wildman–Crippen LogP) is 4.27. The summed E-state index contributed by atoms with van der Waals surface area (Å²) in [6, 6.07) is 10.5. The van der Waals surface area contributed by atoms with Crippen molar-refractivity contribution in [2.45, 2.75) is 18.8 Å². The summed E-state index contributed by atoms with van der Waals surface area (Å²) in [5, 5.41) is 18.8. The molecule has 0 saturated carbocycles. The summed E-state index contributed by atoms with van der Waals surface area (Å²) in [4.78, 5) is 12.9. The number of hydrogen-bond acceptors (Lipinski definition) is 3. The lowest BCUT2D eigenvalue weighted by Gasteiger charge is -2.22. The minimum absolute atomic E-state index is 0.00200. The first-order valence-electron chi connectivity index (χ1n) is 6.64. The summed E-state index contributed by atoms with van der Waals surface area (Å²) in [7, 11) is 0. The molecule has 1 atom stereocenters. The molecule has 2 aromatic carbocycles. The van der Waals surface area contributed by atoms with Gasteiger partial charge in [-0.1, -0.05) is 35.3 Å². The first-order valence-corrected chi connectivity index (χ1v) is 7.39. The number of carbonyl (C=O) groups excluding carboxylic acids is 1. The fraction of sp³-hybridized carbons (Fsp3) is 0.176. The Morgan fingerprint density at radius 2 is 1.86 bits per heavy atom. The highest BCUT2D eigenvalue weighted by atomic mass is 35.5. The summed E-state index contributed by atoms with van der Waals surface area (Å²) in [6.45, 7) is 1.83. The number of phenols is 1. The zero-order valence-electron chi connectivity index (χ0n) is 11.7. The third-order valence-corrected chi connectivity index (χ3v) is 5.05. The highest BCUT2D eigenvalue weighted by molar-refractivity contribution is 6.45. The van der Waals surface area contributed by atoms with Crippen molar-refractivity contribution < 1.29 is 9.90 Å². The van der Waals surface area contributed by atoms with Gasteiger partial charge in [-0.3, -0.25) is 4.79 Å². The van der Waals surface area contributed by atoms with E-state index in [1.807, 2.05) is 6.92 Å². The molecule has 0 aliphatic heterocycles. The van der Waals surface area contributed by atoms with Crippen LogP contribution in [0.15, 0.2) is 30.3 Å². The highest BCUT2D eigenvalue weighted by Crippen LogP contribution is 2.46. The van der Waals surface area contributed by atoms with Gasteiger partial charge in [0.2, 0.25) is 0 Å². The van der Waals surface area contributed by atoms with Crippen molar-refractivity contribution in [1.82, 2.24) is 0 Å². The molecule has 110 valence electrons. The molecular weight excluding hydrogens is 321 g/mol. The first-order chi connectivity index (χ1) is 10.4. The predicted molar refractivity (Wildman–Crippen MR) is 84.7 cm³/mol. The Kier molecular flexibility index (Phi) is 3.40. The molecule has 5 heteroatoms. The zero-order chi connectivity index (χ0) is 16.1. The summed E-state index contributed by atoms with van der Waals surface area (Å²) in [6.07, 6.45) is 0.428. The van der Waals surface area contributed by atoms with E-state index in [1.165, 1.54) is 6.07 Å². The third-order valence-electron chi connectivity index (χ3n) is 4.19. The van der Waals surface area contributed by atoms with Crippen molar-refractivity contribution in [3.05, 3.63) is 62.6 Å². The van der Waals surface area contributed by atoms with E-state index >= 15 is 0 Å². The van der Waals surface area contributed by atoms with E-state index < -0.39 is 5.41 Å². The van der Waals surface area contributed by atoms with Gasteiger partial charge in [0.1, 0.15) is 10.8 Å². The standard InChI is InChI=1S/C17H11Cl2NO2/c1-17(11-4-2-9(8-20)3-5-11)7-10-6-12(21)14(18)15(19)13(10)16(17)22/h2-6,21H,7H2,1H3. The van der Waals surface area contributed by atoms with Crippen LogP contribution in [0.1, 0.15) is 34.0 Å². The second-order valence-corrected chi connectivity index (χ2v) is 6.34. The van der Waals surface area contributed by atoms with E-state index in [0.717, 1.165) is 5.56 Å². The minimum Gasteiger partial charge on any atom is -0.506 e. The Hall–Kier alpha value is -2.02. The van der Waals surface area contributed by atoms with Crippen LogP contribution in [0.2, 0.25) is 10.0 Å².